The van der Waals surface area contributed by atoms with Crippen LogP contribution >= 0.6 is 0 Å². The van der Waals surface area contributed by atoms with E-state index in [2.05, 4.69) is 20.0 Å². The van der Waals surface area contributed by atoms with E-state index in [1.165, 1.54) is 6.33 Å². The maximum atomic E-state index is 11.6. The number of halogens is 3. The molecule has 0 aliphatic carbocycles. The van der Waals surface area contributed by atoms with E-state index in [0.717, 1.165) is 5.69 Å². The molecule has 0 aromatic carbocycles. The van der Waals surface area contributed by atoms with Gasteiger partial charge < -0.3 is 15.0 Å². The first-order valence-electron chi connectivity index (χ1n) is 4.40. The van der Waals surface area contributed by atoms with Crippen LogP contribution in [-0.4, -0.2) is 35.9 Å². The molecule has 0 bridgehead atoms. The summed E-state index contributed by atoms with van der Waals surface area (Å²) in [5.74, 6) is 0. The van der Waals surface area contributed by atoms with Gasteiger partial charge in [0, 0.05) is 25.0 Å². The van der Waals surface area contributed by atoms with Crippen molar-refractivity contribution in [2.75, 3.05) is 19.8 Å². The maximum absolute atomic E-state index is 11.6. The van der Waals surface area contributed by atoms with Crippen molar-refractivity contribution in [1.29, 1.82) is 0 Å². The lowest BCUT2D eigenvalue weighted by molar-refractivity contribution is -0.173. The summed E-state index contributed by atoms with van der Waals surface area (Å²) in [4.78, 5) is 6.65. The number of nitrogens with one attached hydrogen (secondary N) is 2. The minimum absolute atomic E-state index is 0.0354. The quantitative estimate of drug-likeness (QED) is 0.709. The Labute approximate surface area is 84.8 Å². The highest BCUT2D eigenvalue weighted by atomic mass is 19.4. The molecule has 0 radical (unpaired) electrons. The molecule has 4 nitrogen and oxygen atoms in total. The van der Waals surface area contributed by atoms with E-state index in [4.69, 9.17) is 0 Å². The predicted molar refractivity (Wildman–Crippen MR) is 47.2 cm³/mol. The summed E-state index contributed by atoms with van der Waals surface area (Å²) in [6.45, 7) is -0.253. The fourth-order valence-corrected chi connectivity index (χ4v) is 0.937. The molecule has 1 aromatic rings. The summed E-state index contributed by atoms with van der Waals surface area (Å²) in [5, 5.41) is 2.91. The number of nitrogens with zero attached hydrogens (tertiary/aromatic N) is 1. The normalized spacial score (nSPS) is 11.9. The van der Waals surface area contributed by atoms with Crippen molar-refractivity contribution in [3.63, 3.8) is 0 Å². The molecule has 0 saturated carbocycles. The van der Waals surface area contributed by atoms with E-state index >= 15 is 0 Å². The summed E-state index contributed by atoms with van der Waals surface area (Å²) in [5.41, 5.74) is 0.880. The number of hydrogen-bond acceptors (Lipinski definition) is 3. The first-order valence-corrected chi connectivity index (χ1v) is 4.40. The SMILES string of the molecule is FC(F)(F)COCCNCc1cnc[nH]1. The van der Waals surface area contributed by atoms with Crippen molar-refractivity contribution in [2.45, 2.75) is 12.7 Å². The molecule has 0 aliphatic rings. The number of rotatable bonds is 6. The van der Waals surface area contributed by atoms with Crippen LogP contribution in [0.4, 0.5) is 13.2 Å². The molecule has 86 valence electrons. The first kappa shape index (κ1) is 12.0. The fourth-order valence-electron chi connectivity index (χ4n) is 0.937. The average Bonchev–Trinajstić information content (AvgIpc) is 2.61. The second-order valence-electron chi connectivity index (χ2n) is 2.92. The third kappa shape index (κ3) is 6.08. The Morgan fingerprint density at radius 2 is 2.27 bits per heavy atom. The Kier molecular flexibility index (Phi) is 4.57. The highest BCUT2D eigenvalue weighted by Gasteiger charge is 2.27. The molecule has 0 aliphatic heterocycles. The van der Waals surface area contributed by atoms with Gasteiger partial charge in [-0.1, -0.05) is 0 Å². The van der Waals surface area contributed by atoms with Gasteiger partial charge in [0.25, 0.3) is 0 Å². The number of alkyl halides is 3. The third-order valence-corrected chi connectivity index (χ3v) is 1.56. The summed E-state index contributed by atoms with van der Waals surface area (Å²) in [6.07, 6.45) is -1.07. The summed E-state index contributed by atoms with van der Waals surface area (Å²) >= 11 is 0. The van der Waals surface area contributed by atoms with Gasteiger partial charge in [0.2, 0.25) is 0 Å². The van der Waals surface area contributed by atoms with Crippen LogP contribution in [0.25, 0.3) is 0 Å². The van der Waals surface area contributed by atoms with Crippen molar-refractivity contribution in [3.05, 3.63) is 18.2 Å². The van der Waals surface area contributed by atoms with Crippen LogP contribution in [0.1, 0.15) is 5.69 Å². The minimum Gasteiger partial charge on any atom is -0.371 e. The van der Waals surface area contributed by atoms with Gasteiger partial charge in [-0.25, -0.2) is 4.98 Å². The summed E-state index contributed by atoms with van der Waals surface area (Å²) in [6, 6.07) is 0. The Morgan fingerprint density at radius 1 is 1.47 bits per heavy atom. The molecule has 15 heavy (non-hydrogen) atoms. The Morgan fingerprint density at radius 3 is 2.87 bits per heavy atom. The number of ether oxygens (including phenoxy) is 1. The largest absolute Gasteiger partial charge is 0.411 e. The molecule has 0 spiro atoms. The van der Waals surface area contributed by atoms with Crippen molar-refractivity contribution in [1.82, 2.24) is 15.3 Å². The van der Waals surface area contributed by atoms with Crippen LogP contribution in [0.15, 0.2) is 12.5 Å². The van der Waals surface area contributed by atoms with Gasteiger partial charge in [0.15, 0.2) is 0 Å². The van der Waals surface area contributed by atoms with E-state index in [-0.39, 0.29) is 6.61 Å². The van der Waals surface area contributed by atoms with Crippen LogP contribution < -0.4 is 5.32 Å². The fraction of sp³-hybridized carbons (Fsp3) is 0.625. The molecule has 0 saturated heterocycles. The lowest BCUT2D eigenvalue weighted by atomic mass is 10.4. The van der Waals surface area contributed by atoms with Crippen molar-refractivity contribution in [2.24, 2.45) is 0 Å². The highest BCUT2D eigenvalue weighted by Crippen LogP contribution is 2.13. The lowest BCUT2D eigenvalue weighted by Gasteiger charge is -2.07. The molecule has 2 N–H and O–H groups in total. The zero-order valence-corrected chi connectivity index (χ0v) is 7.97. The van der Waals surface area contributed by atoms with Crippen LogP contribution in [0.2, 0.25) is 0 Å². The van der Waals surface area contributed by atoms with E-state index in [1.807, 2.05) is 0 Å². The lowest BCUT2D eigenvalue weighted by Crippen LogP contribution is -2.23. The summed E-state index contributed by atoms with van der Waals surface area (Å²) in [7, 11) is 0. The van der Waals surface area contributed by atoms with Gasteiger partial charge >= 0.3 is 6.18 Å². The van der Waals surface area contributed by atoms with E-state index in [0.29, 0.717) is 13.1 Å². The van der Waals surface area contributed by atoms with Crippen molar-refractivity contribution >= 4 is 0 Å². The molecule has 0 unspecified atom stereocenters. The third-order valence-electron chi connectivity index (χ3n) is 1.56. The van der Waals surface area contributed by atoms with Crippen LogP contribution in [0, 0.1) is 0 Å². The van der Waals surface area contributed by atoms with Crippen LogP contribution in [0.3, 0.4) is 0 Å². The molecule has 7 heteroatoms. The van der Waals surface area contributed by atoms with Gasteiger partial charge in [-0.05, 0) is 0 Å². The monoisotopic (exact) mass is 223 g/mol. The predicted octanol–water partition coefficient (Wildman–Crippen LogP) is 1.08. The number of imidazole rings is 1. The van der Waals surface area contributed by atoms with E-state index in [9.17, 15) is 13.2 Å². The molecule has 1 aromatic heterocycles. The molecular formula is C8H12F3N3O. The Hall–Kier alpha value is -1.08. The van der Waals surface area contributed by atoms with E-state index < -0.39 is 12.8 Å². The standard InChI is InChI=1S/C8H12F3N3O/c9-8(10,11)5-15-2-1-12-3-7-4-13-6-14-7/h4,6,12H,1-3,5H2,(H,13,14). The van der Waals surface area contributed by atoms with Crippen LogP contribution in [-0.2, 0) is 11.3 Å². The minimum atomic E-state index is -4.25. The summed E-state index contributed by atoms with van der Waals surface area (Å²) < 4.78 is 39.3. The van der Waals surface area contributed by atoms with Gasteiger partial charge in [0.1, 0.15) is 6.61 Å². The van der Waals surface area contributed by atoms with Crippen LogP contribution in [0.5, 0.6) is 0 Å². The Balaban J connectivity index is 1.94. The van der Waals surface area contributed by atoms with Gasteiger partial charge in [-0.15, -0.1) is 0 Å². The zero-order chi connectivity index (χ0) is 11.1. The highest BCUT2D eigenvalue weighted by molar-refractivity contribution is 4.92. The molecule has 0 amide bonds. The molecule has 1 rings (SSSR count). The second-order valence-corrected chi connectivity index (χ2v) is 2.92. The number of H-pyrrole nitrogens is 1. The van der Waals surface area contributed by atoms with Gasteiger partial charge in [0.05, 0.1) is 12.9 Å². The topological polar surface area (TPSA) is 49.9 Å². The Bertz CT molecular complexity index is 261. The first-order chi connectivity index (χ1) is 7.08. The molecular weight excluding hydrogens is 211 g/mol. The smallest absolute Gasteiger partial charge is 0.371 e. The molecule has 0 fully saturated rings. The van der Waals surface area contributed by atoms with Crippen molar-refractivity contribution < 1.29 is 17.9 Å². The number of aromatic amines is 1. The number of hydrogen-bond donors (Lipinski definition) is 2. The number of aromatic nitrogens is 2. The zero-order valence-electron chi connectivity index (χ0n) is 7.97. The maximum Gasteiger partial charge on any atom is 0.411 e. The van der Waals surface area contributed by atoms with E-state index in [1.54, 1.807) is 6.20 Å². The average molecular weight is 223 g/mol. The van der Waals surface area contributed by atoms with Crippen molar-refractivity contribution in [3.8, 4) is 0 Å². The molecule has 0 atom stereocenters. The van der Waals surface area contributed by atoms with Gasteiger partial charge in [-0.3, -0.25) is 0 Å². The second kappa shape index (κ2) is 5.72. The van der Waals surface area contributed by atoms with Gasteiger partial charge in [-0.2, -0.15) is 13.2 Å². The molecule has 1 heterocycles.